The lowest BCUT2D eigenvalue weighted by atomic mass is 9.99. The zero-order valence-electron chi connectivity index (χ0n) is 11.7. The summed E-state index contributed by atoms with van der Waals surface area (Å²) in [4.78, 5) is 23.0. The predicted octanol–water partition coefficient (Wildman–Crippen LogP) is 2.67. The van der Waals surface area contributed by atoms with Crippen LogP contribution in [0.2, 0.25) is 0 Å². The van der Waals surface area contributed by atoms with Crippen molar-refractivity contribution in [1.82, 2.24) is 5.32 Å². The zero-order chi connectivity index (χ0) is 16.0. The highest BCUT2D eigenvalue weighted by atomic mass is 32.2. The van der Waals surface area contributed by atoms with Crippen LogP contribution in [0.1, 0.15) is 20.3 Å². The van der Waals surface area contributed by atoms with Crippen molar-refractivity contribution in [2.75, 3.05) is 5.75 Å². The molecule has 1 amide bonds. The van der Waals surface area contributed by atoms with Crippen LogP contribution in [0.5, 0.6) is 0 Å². The molecule has 0 saturated heterocycles. The molecule has 0 heterocycles. The van der Waals surface area contributed by atoms with Crippen molar-refractivity contribution in [3.8, 4) is 0 Å². The number of halogens is 2. The maximum absolute atomic E-state index is 13.4. The molecule has 0 spiro atoms. The minimum atomic E-state index is -1.10. The van der Waals surface area contributed by atoms with Gasteiger partial charge in [0.1, 0.15) is 17.7 Å². The molecule has 2 atom stereocenters. The van der Waals surface area contributed by atoms with Crippen LogP contribution in [0.15, 0.2) is 23.1 Å². The molecule has 0 aliphatic heterocycles. The Hall–Kier alpha value is -1.63. The smallest absolute Gasteiger partial charge is 0.326 e. The predicted molar refractivity (Wildman–Crippen MR) is 76.1 cm³/mol. The maximum Gasteiger partial charge on any atom is 0.326 e. The summed E-state index contributed by atoms with van der Waals surface area (Å²) >= 11 is 0.890. The first-order valence-corrected chi connectivity index (χ1v) is 7.43. The van der Waals surface area contributed by atoms with Gasteiger partial charge in [-0.05, 0) is 18.1 Å². The van der Waals surface area contributed by atoms with Gasteiger partial charge in [-0.3, -0.25) is 4.79 Å². The van der Waals surface area contributed by atoms with Gasteiger partial charge in [0, 0.05) is 11.0 Å². The van der Waals surface area contributed by atoms with E-state index in [4.69, 9.17) is 5.11 Å². The number of carboxylic acid groups (broad SMARTS) is 1. The van der Waals surface area contributed by atoms with E-state index in [1.807, 2.05) is 6.92 Å². The zero-order valence-corrected chi connectivity index (χ0v) is 12.5. The Morgan fingerprint density at radius 3 is 2.57 bits per heavy atom. The van der Waals surface area contributed by atoms with Gasteiger partial charge in [0.15, 0.2) is 0 Å². The first-order chi connectivity index (χ1) is 9.85. The fourth-order valence-electron chi connectivity index (χ4n) is 1.63. The van der Waals surface area contributed by atoms with Gasteiger partial charge in [-0.2, -0.15) is 0 Å². The Morgan fingerprint density at radius 2 is 2.05 bits per heavy atom. The number of nitrogens with one attached hydrogen (secondary N) is 1. The van der Waals surface area contributed by atoms with Gasteiger partial charge in [0.2, 0.25) is 5.91 Å². The minimum Gasteiger partial charge on any atom is -0.480 e. The average Bonchev–Trinajstić information content (AvgIpc) is 2.42. The molecule has 21 heavy (non-hydrogen) atoms. The van der Waals surface area contributed by atoms with Crippen LogP contribution in [0.4, 0.5) is 8.78 Å². The van der Waals surface area contributed by atoms with Crippen molar-refractivity contribution < 1.29 is 23.5 Å². The van der Waals surface area contributed by atoms with Gasteiger partial charge < -0.3 is 10.4 Å². The van der Waals surface area contributed by atoms with E-state index in [-0.39, 0.29) is 16.6 Å². The lowest BCUT2D eigenvalue weighted by Gasteiger charge is -2.20. The maximum atomic E-state index is 13.4. The highest BCUT2D eigenvalue weighted by Gasteiger charge is 2.25. The number of aliphatic carboxylic acids is 1. The van der Waals surface area contributed by atoms with Crippen molar-refractivity contribution >= 4 is 23.6 Å². The Morgan fingerprint density at radius 1 is 1.38 bits per heavy atom. The van der Waals surface area contributed by atoms with E-state index in [1.54, 1.807) is 6.92 Å². The van der Waals surface area contributed by atoms with Crippen molar-refractivity contribution in [1.29, 1.82) is 0 Å². The topological polar surface area (TPSA) is 66.4 Å². The number of carboxylic acids is 1. The van der Waals surface area contributed by atoms with Crippen molar-refractivity contribution in [3.63, 3.8) is 0 Å². The minimum absolute atomic E-state index is 0.136. The molecule has 0 saturated carbocycles. The van der Waals surface area contributed by atoms with E-state index >= 15 is 0 Å². The van der Waals surface area contributed by atoms with E-state index in [0.29, 0.717) is 6.42 Å². The van der Waals surface area contributed by atoms with Crippen LogP contribution >= 0.6 is 11.8 Å². The molecule has 2 unspecified atom stereocenters. The molecule has 2 N–H and O–H groups in total. The van der Waals surface area contributed by atoms with Crippen LogP contribution in [-0.2, 0) is 9.59 Å². The van der Waals surface area contributed by atoms with E-state index in [2.05, 4.69) is 5.32 Å². The van der Waals surface area contributed by atoms with Gasteiger partial charge in [-0.25, -0.2) is 13.6 Å². The molecule has 0 aromatic heterocycles. The quantitative estimate of drug-likeness (QED) is 0.759. The Kier molecular flexibility index (Phi) is 6.61. The third kappa shape index (κ3) is 5.34. The monoisotopic (exact) mass is 317 g/mol. The van der Waals surface area contributed by atoms with Crippen molar-refractivity contribution in [3.05, 3.63) is 29.8 Å². The summed E-state index contributed by atoms with van der Waals surface area (Å²) < 4.78 is 26.1. The third-order valence-corrected chi connectivity index (χ3v) is 4.10. The first-order valence-electron chi connectivity index (χ1n) is 6.45. The van der Waals surface area contributed by atoms with Gasteiger partial charge >= 0.3 is 5.97 Å². The second-order valence-corrected chi connectivity index (χ2v) is 5.65. The largest absolute Gasteiger partial charge is 0.480 e. The summed E-state index contributed by atoms with van der Waals surface area (Å²) in [5.74, 6) is -3.39. The molecule has 0 fully saturated rings. The SMILES string of the molecule is CCC(C)C(NC(=O)CSc1ccc(F)cc1F)C(=O)O. The molecular weight excluding hydrogens is 300 g/mol. The normalized spacial score (nSPS) is 13.5. The van der Waals surface area contributed by atoms with Crippen molar-refractivity contribution in [2.45, 2.75) is 31.2 Å². The molecule has 1 aromatic rings. The number of carbonyl (C=O) groups excluding carboxylic acids is 1. The third-order valence-electron chi connectivity index (χ3n) is 3.05. The molecule has 4 nitrogen and oxygen atoms in total. The van der Waals surface area contributed by atoms with Gasteiger partial charge in [-0.15, -0.1) is 11.8 Å². The number of benzene rings is 1. The Balaban J connectivity index is 2.58. The lowest BCUT2D eigenvalue weighted by molar-refractivity contribution is -0.143. The average molecular weight is 317 g/mol. The van der Waals surface area contributed by atoms with Crippen LogP contribution in [0.25, 0.3) is 0 Å². The van der Waals surface area contributed by atoms with Gasteiger partial charge in [-0.1, -0.05) is 20.3 Å². The number of thioether (sulfide) groups is 1. The fourth-order valence-corrected chi connectivity index (χ4v) is 2.36. The number of rotatable bonds is 7. The molecule has 0 bridgehead atoms. The van der Waals surface area contributed by atoms with E-state index in [9.17, 15) is 18.4 Å². The fraction of sp³-hybridized carbons (Fsp3) is 0.429. The Labute approximate surface area is 125 Å². The van der Waals surface area contributed by atoms with E-state index < -0.39 is 29.6 Å². The summed E-state index contributed by atoms with van der Waals surface area (Å²) in [5.41, 5.74) is 0. The second-order valence-electron chi connectivity index (χ2n) is 4.63. The number of carbonyl (C=O) groups is 2. The standard InChI is InChI=1S/C14H17F2NO3S/c1-3-8(2)13(14(19)20)17-12(18)7-21-11-5-4-9(15)6-10(11)16/h4-6,8,13H,3,7H2,1-2H3,(H,17,18)(H,19,20). The van der Waals surface area contributed by atoms with Crippen molar-refractivity contribution in [2.24, 2.45) is 5.92 Å². The van der Waals surface area contributed by atoms with Crippen LogP contribution in [0, 0.1) is 17.6 Å². The number of hydrogen-bond donors (Lipinski definition) is 2. The highest BCUT2D eigenvalue weighted by Crippen LogP contribution is 2.22. The lowest BCUT2D eigenvalue weighted by Crippen LogP contribution is -2.45. The summed E-state index contributed by atoms with van der Waals surface area (Å²) in [5, 5.41) is 11.5. The molecule has 0 aliphatic rings. The van der Waals surface area contributed by atoms with E-state index in [1.165, 1.54) is 6.07 Å². The summed E-state index contributed by atoms with van der Waals surface area (Å²) in [7, 11) is 0. The molecule has 7 heteroatoms. The summed E-state index contributed by atoms with van der Waals surface area (Å²) in [6.45, 7) is 3.56. The number of amides is 1. The van der Waals surface area contributed by atoms with Crippen LogP contribution < -0.4 is 5.32 Å². The molecule has 116 valence electrons. The molecule has 1 aromatic carbocycles. The molecule has 0 aliphatic carbocycles. The van der Waals surface area contributed by atoms with Gasteiger partial charge in [0.05, 0.1) is 5.75 Å². The summed E-state index contributed by atoms with van der Waals surface area (Å²) in [6, 6.07) is 2.11. The second kappa shape index (κ2) is 7.97. The molecular formula is C14H17F2NO3S. The number of hydrogen-bond acceptors (Lipinski definition) is 3. The van der Waals surface area contributed by atoms with Crippen LogP contribution in [0.3, 0.4) is 0 Å². The summed E-state index contributed by atoms with van der Waals surface area (Å²) in [6.07, 6.45) is 0.608. The molecule has 0 radical (unpaired) electrons. The van der Waals surface area contributed by atoms with E-state index in [0.717, 1.165) is 23.9 Å². The molecule has 1 rings (SSSR count). The highest BCUT2D eigenvalue weighted by molar-refractivity contribution is 8.00. The first kappa shape index (κ1) is 17.4. The van der Waals surface area contributed by atoms with Gasteiger partial charge in [0.25, 0.3) is 0 Å². The van der Waals surface area contributed by atoms with Crippen LogP contribution in [-0.4, -0.2) is 28.8 Å². The Bertz CT molecular complexity index is 525.